The SMILES string of the molecule is CCOc1ccccc1OCC.Cl. The number of benzene rings is 1. The van der Waals surface area contributed by atoms with Crippen LogP contribution in [0.25, 0.3) is 0 Å². The number of para-hydroxylation sites is 2. The maximum absolute atomic E-state index is 5.36. The Morgan fingerprint density at radius 2 is 1.31 bits per heavy atom. The van der Waals surface area contributed by atoms with Gasteiger partial charge in [0, 0.05) is 0 Å². The molecule has 0 unspecified atom stereocenters. The van der Waals surface area contributed by atoms with Gasteiger partial charge in [-0.05, 0) is 26.0 Å². The third-order valence-electron chi connectivity index (χ3n) is 1.45. The van der Waals surface area contributed by atoms with Crippen molar-refractivity contribution in [2.45, 2.75) is 13.8 Å². The molecule has 1 aromatic carbocycles. The first-order valence-electron chi connectivity index (χ1n) is 4.23. The lowest BCUT2D eigenvalue weighted by Crippen LogP contribution is -1.97. The van der Waals surface area contributed by atoms with E-state index >= 15 is 0 Å². The van der Waals surface area contributed by atoms with E-state index in [1.807, 2.05) is 38.1 Å². The Morgan fingerprint density at radius 1 is 0.923 bits per heavy atom. The Labute approximate surface area is 85.3 Å². The Kier molecular flexibility index (Phi) is 6.15. The van der Waals surface area contributed by atoms with E-state index in [2.05, 4.69) is 0 Å². The second-order valence-electron chi connectivity index (χ2n) is 2.31. The predicted octanol–water partition coefficient (Wildman–Crippen LogP) is 2.91. The fourth-order valence-corrected chi connectivity index (χ4v) is 1.000. The van der Waals surface area contributed by atoms with Crippen LogP contribution in [0, 0.1) is 0 Å². The van der Waals surface area contributed by atoms with Crippen LogP contribution in [0.3, 0.4) is 0 Å². The number of hydrogen-bond acceptors (Lipinski definition) is 2. The van der Waals surface area contributed by atoms with Crippen LogP contribution in [0.2, 0.25) is 0 Å². The molecule has 0 N–H and O–H groups in total. The molecule has 13 heavy (non-hydrogen) atoms. The van der Waals surface area contributed by atoms with Crippen LogP contribution in [-0.4, -0.2) is 13.2 Å². The van der Waals surface area contributed by atoms with Gasteiger partial charge >= 0.3 is 0 Å². The lowest BCUT2D eigenvalue weighted by molar-refractivity contribution is 0.288. The molecule has 3 heteroatoms. The van der Waals surface area contributed by atoms with Gasteiger partial charge in [-0.15, -0.1) is 12.4 Å². The van der Waals surface area contributed by atoms with Crippen molar-refractivity contribution in [3.63, 3.8) is 0 Å². The van der Waals surface area contributed by atoms with Crippen molar-refractivity contribution < 1.29 is 9.47 Å². The normalized spacial score (nSPS) is 8.77. The summed E-state index contributed by atoms with van der Waals surface area (Å²) in [7, 11) is 0. The van der Waals surface area contributed by atoms with Crippen LogP contribution in [0.1, 0.15) is 13.8 Å². The largest absolute Gasteiger partial charge is 0.490 e. The molecule has 0 amide bonds. The minimum absolute atomic E-state index is 0. The van der Waals surface area contributed by atoms with Gasteiger partial charge in [-0.2, -0.15) is 0 Å². The molecular weight excluding hydrogens is 188 g/mol. The summed E-state index contributed by atoms with van der Waals surface area (Å²) in [6.07, 6.45) is 0. The minimum Gasteiger partial charge on any atom is -0.490 e. The lowest BCUT2D eigenvalue weighted by Gasteiger charge is -2.09. The van der Waals surface area contributed by atoms with Crippen LogP contribution in [0.5, 0.6) is 11.5 Å². The van der Waals surface area contributed by atoms with Crippen molar-refractivity contribution >= 4 is 12.4 Å². The summed E-state index contributed by atoms with van der Waals surface area (Å²) < 4.78 is 10.7. The molecule has 0 saturated carbocycles. The van der Waals surface area contributed by atoms with Gasteiger partial charge in [0.25, 0.3) is 0 Å². The van der Waals surface area contributed by atoms with Crippen LogP contribution in [0.4, 0.5) is 0 Å². The molecule has 0 aliphatic heterocycles. The second kappa shape index (κ2) is 6.61. The zero-order valence-corrected chi connectivity index (χ0v) is 8.76. The van der Waals surface area contributed by atoms with Gasteiger partial charge in [-0.1, -0.05) is 12.1 Å². The Hall–Kier alpha value is -0.890. The predicted molar refractivity (Wildman–Crippen MR) is 56.0 cm³/mol. The molecule has 0 aliphatic carbocycles. The van der Waals surface area contributed by atoms with Crippen molar-refractivity contribution in [2.24, 2.45) is 0 Å². The van der Waals surface area contributed by atoms with E-state index in [9.17, 15) is 0 Å². The molecule has 0 saturated heterocycles. The van der Waals surface area contributed by atoms with Crippen molar-refractivity contribution in [2.75, 3.05) is 13.2 Å². The zero-order valence-electron chi connectivity index (χ0n) is 7.95. The summed E-state index contributed by atoms with van der Waals surface area (Å²) in [6.45, 7) is 5.26. The molecule has 0 spiro atoms. The molecule has 1 rings (SSSR count). The zero-order chi connectivity index (χ0) is 8.81. The first-order chi connectivity index (χ1) is 5.88. The van der Waals surface area contributed by atoms with Gasteiger partial charge in [-0.3, -0.25) is 0 Å². The summed E-state index contributed by atoms with van der Waals surface area (Å²) >= 11 is 0. The van der Waals surface area contributed by atoms with Gasteiger partial charge in [0.1, 0.15) is 0 Å². The highest BCUT2D eigenvalue weighted by Gasteiger charge is 2.00. The van der Waals surface area contributed by atoms with E-state index in [4.69, 9.17) is 9.47 Å². The number of rotatable bonds is 4. The van der Waals surface area contributed by atoms with E-state index in [1.165, 1.54) is 0 Å². The average molecular weight is 203 g/mol. The van der Waals surface area contributed by atoms with Crippen LogP contribution in [0.15, 0.2) is 24.3 Å². The van der Waals surface area contributed by atoms with E-state index in [0.29, 0.717) is 13.2 Å². The summed E-state index contributed by atoms with van der Waals surface area (Å²) in [5.41, 5.74) is 0. The van der Waals surface area contributed by atoms with Crippen molar-refractivity contribution in [3.05, 3.63) is 24.3 Å². The van der Waals surface area contributed by atoms with Gasteiger partial charge in [0.15, 0.2) is 11.5 Å². The Morgan fingerprint density at radius 3 is 1.62 bits per heavy atom. The summed E-state index contributed by atoms with van der Waals surface area (Å²) in [5.74, 6) is 1.64. The molecule has 2 nitrogen and oxygen atoms in total. The van der Waals surface area contributed by atoms with E-state index < -0.39 is 0 Å². The standard InChI is InChI=1S/C10H14O2.ClH/c1-3-11-9-7-5-6-8-10(9)12-4-2;/h5-8H,3-4H2,1-2H3;1H. The monoisotopic (exact) mass is 202 g/mol. The Bertz CT molecular complexity index is 213. The molecule has 0 atom stereocenters. The molecule has 0 fully saturated rings. The van der Waals surface area contributed by atoms with E-state index in [-0.39, 0.29) is 12.4 Å². The van der Waals surface area contributed by atoms with E-state index in [0.717, 1.165) is 11.5 Å². The van der Waals surface area contributed by atoms with E-state index in [1.54, 1.807) is 0 Å². The maximum Gasteiger partial charge on any atom is 0.161 e. The quantitative estimate of drug-likeness (QED) is 0.748. The van der Waals surface area contributed by atoms with Gasteiger partial charge in [-0.25, -0.2) is 0 Å². The molecule has 0 radical (unpaired) electrons. The van der Waals surface area contributed by atoms with Crippen LogP contribution >= 0.6 is 12.4 Å². The molecule has 74 valence electrons. The second-order valence-corrected chi connectivity index (χ2v) is 2.31. The fraction of sp³-hybridized carbons (Fsp3) is 0.400. The molecule has 0 bridgehead atoms. The third kappa shape index (κ3) is 3.55. The molecule has 0 heterocycles. The molecule has 0 aliphatic rings. The third-order valence-corrected chi connectivity index (χ3v) is 1.45. The maximum atomic E-state index is 5.36. The van der Waals surface area contributed by atoms with Crippen molar-refractivity contribution in [1.82, 2.24) is 0 Å². The summed E-state index contributed by atoms with van der Waals surface area (Å²) in [5, 5.41) is 0. The topological polar surface area (TPSA) is 18.5 Å². The fourth-order valence-electron chi connectivity index (χ4n) is 1.000. The highest BCUT2D eigenvalue weighted by atomic mass is 35.5. The highest BCUT2D eigenvalue weighted by molar-refractivity contribution is 5.85. The highest BCUT2D eigenvalue weighted by Crippen LogP contribution is 2.25. The van der Waals surface area contributed by atoms with Crippen molar-refractivity contribution in [3.8, 4) is 11.5 Å². The van der Waals surface area contributed by atoms with Gasteiger partial charge in [0.2, 0.25) is 0 Å². The summed E-state index contributed by atoms with van der Waals surface area (Å²) in [4.78, 5) is 0. The summed E-state index contributed by atoms with van der Waals surface area (Å²) in [6, 6.07) is 7.70. The molecular formula is C10H15ClO2. The van der Waals surface area contributed by atoms with Crippen molar-refractivity contribution in [1.29, 1.82) is 0 Å². The molecule has 1 aromatic rings. The Balaban J connectivity index is 0.00000144. The number of ether oxygens (including phenoxy) is 2. The smallest absolute Gasteiger partial charge is 0.161 e. The van der Waals surface area contributed by atoms with Gasteiger partial charge in [0.05, 0.1) is 13.2 Å². The lowest BCUT2D eigenvalue weighted by atomic mass is 10.3. The first kappa shape index (κ1) is 12.1. The van der Waals surface area contributed by atoms with Gasteiger partial charge < -0.3 is 9.47 Å². The molecule has 0 aromatic heterocycles. The number of halogens is 1. The minimum atomic E-state index is 0. The average Bonchev–Trinajstić information content (AvgIpc) is 2.09. The first-order valence-corrected chi connectivity index (χ1v) is 4.23. The van der Waals surface area contributed by atoms with Crippen LogP contribution in [-0.2, 0) is 0 Å². The number of hydrogen-bond donors (Lipinski definition) is 0. The van der Waals surface area contributed by atoms with Crippen LogP contribution < -0.4 is 9.47 Å².